The molecular weight excluding hydrogens is 354 g/mol. The minimum atomic E-state index is -0.697. The standard InChI is InChI=1S/C19H18F2N4O2/c1-11-3-4-13(10-26)7-17(11)22-19-23-18(27)12(2)24-25(19)9-14-5-15(20)8-16(21)6-14/h3-8,26H,9-10H2,1-2H3,(H,22,23,27). The van der Waals surface area contributed by atoms with Gasteiger partial charge in [-0.3, -0.25) is 4.79 Å². The van der Waals surface area contributed by atoms with E-state index in [1.165, 1.54) is 23.7 Å². The molecule has 0 amide bonds. The Morgan fingerprint density at radius 3 is 2.44 bits per heavy atom. The van der Waals surface area contributed by atoms with Crippen LogP contribution in [0, 0.1) is 25.5 Å². The predicted octanol–water partition coefficient (Wildman–Crippen LogP) is 2.82. The van der Waals surface area contributed by atoms with Crippen molar-refractivity contribution in [2.75, 3.05) is 5.32 Å². The Bertz CT molecular complexity index is 1030. The van der Waals surface area contributed by atoms with Crippen molar-refractivity contribution in [2.45, 2.75) is 27.0 Å². The molecule has 2 aromatic carbocycles. The topological polar surface area (TPSA) is 80.0 Å². The molecule has 6 nitrogen and oxygen atoms in total. The third-order valence-electron chi connectivity index (χ3n) is 4.02. The summed E-state index contributed by atoms with van der Waals surface area (Å²) in [7, 11) is 0. The van der Waals surface area contributed by atoms with Gasteiger partial charge in [0, 0.05) is 11.8 Å². The van der Waals surface area contributed by atoms with Crippen LogP contribution in [0.2, 0.25) is 0 Å². The highest BCUT2D eigenvalue weighted by Gasteiger charge is 2.11. The minimum Gasteiger partial charge on any atom is -0.392 e. The fourth-order valence-electron chi connectivity index (χ4n) is 2.61. The summed E-state index contributed by atoms with van der Waals surface area (Å²) in [5.41, 5.74) is 2.19. The Balaban J connectivity index is 2.02. The zero-order valence-electron chi connectivity index (χ0n) is 14.8. The zero-order valence-corrected chi connectivity index (χ0v) is 14.8. The summed E-state index contributed by atoms with van der Waals surface area (Å²) in [5.74, 6) is -1.26. The van der Waals surface area contributed by atoms with Crippen molar-refractivity contribution in [3.05, 3.63) is 80.8 Å². The molecule has 0 atom stereocenters. The highest BCUT2D eigenvalue weighted by atomic mass is 19.1. The van der Waals surface area contributed by atoms with Crippen molar-refractivity contribution in [3.8, 4) is 0 Å². The minimum absolute atomic E-state index is 0.0177. The lowest BCUT2D eigenvalue weighted by Gasteiger charge is -2.15. The second kappa shape index (κ2) is 7.63. The number of rotatable bonds is 5. The Hall–Kier alpha value is -3.13. The summed E-state index contributed by atoms with van der Waals surface area (Å²) in [4.78, 5) is 16.0. The maximum Gasteiger partial charge on any atom is 0.296 e. The average Bonchev–Trinajstić information content (AvgIpc) is 2.60. The van der Waals surface area contributed by atoms with Gasteiger partial charge in [0.05, 0.1) is 13.2 Å². The molecule has 0 aliphatic rings. The van der Waals surface area contributed by atoms with Gasteiger partial charge in [-0.05, 0) is 48.7 Å². The molecule has 0 fully saturated rings. The number of hydrogen-bond donors (Lipinski definition) is 2. The van der Waals surface area contributed by atoms with Gasteiger partial charge >= 0.3 is 0 Å². The largest absolute Gasteiger partial charge is 0.392 e. The molecule has 1 heterocycles. The molecule has 0 aliphatic heterocycles. The number of halogens is 2. The molecule has 3 rings (SSSR count). The van der Waals surface area contributed by atoms with Crippen LogP contribution < -0.4 is 10.9 Å². The highest BCUT2D eigenvalue weighted by molar-refractivity contribution is 5.59. The van der Waals surface area contributed by atoms with Gasteiger partial charge in [0.15, 0.2) is 0 Å². The maximum atomic E-state index is 13.5. The van der Waals surface area contributed by atoms with Gasteiger partial charge in [0.25, 0.3) is 5.56 Å². The van der Waals surface area contributed by atoms with Crippen LogP contribution in [0.15, 0.2) is 41.2 Å². The van der Waals surface area contributed by atoms with Crippen molar-refractivity contribution in [3.63, 3.8) is 0 Å². The predicted molar refractivity (Wildman–Crippen MR) is 96.9 cm³/mol. The molecule has 1 aromatic heterocycles. The number of nitrogens with zero attached hydrogens (tertiary/aromatic N) is 3. The van der Waals surface area contributed by atoms with Crippen molar-refractivity contribution < 1.29 is 13.9 Å². The van der Waals surface area contributed by atoms with E-state index in [9.17, 15) is 18.7 Å². The van der Waals surface area contributed by atoms with E-state index in [1.54, 1.807) is 12.1 Å². The van der Waals surface area contributed by atoms with Crippen LogP contribution in [0.1, 0.15) is 22.4 Å². The van der Waals surface area contributed by atoms with Gasteiger partial charge in [-0.2, -0.15) is 10.1 Å². The highest BCUT2D eigenvalue weighted by Crippen LogP contribution is 2.21. The summed E-state index contributed by atoms with van der Waals surface area (Å²) in [6.45, 7) is 3.25. The van der Waals surface area contributed by atoms with Crippen LogP contribution in [0.5, 0.6) is 0 Å². The summed E-state index contributed by atoms with van der Waals surface area (Å²) in [6, 6.07) is 8.51. The van der Waals surface area contributed by atoms with Gasteiger partial charge in [0.1, 0.15) is 17.3 Å². The number of hydrogen-bond acceptors (Lipinski definition) is 5. The lowest BCUT2D eigenvalue weighted by Crippen LogP contribution is -2.23. The lowest BCUT2D eigenvalue weighted by atomic mass is 10.1. The molecule has 27 heavy (non-hydrogen) atoms. The Morgan fingerprint density at radius 2 is 1.78 bits per heavy atom. The molecule has 0 radical (unpaired) electrons. The fraction of sp³-hybridized carbons (Fsp3) is 0.211. The summed E-state index contributed by atoms with van der Waals surface area (Å²) in [5, 5.41) is 16.5. The van der Waals surface area contributed by atoms with Crippen molar-refractivity contribution in [1.29, 1.82) is 0 Å². The maximum absolute atomic E-state index is 13.5. The first-order chi connectivity index (χ1) is 12.9. The molecular formula is C19H18F2N4O2. The smallest absolute Gasteiger partial charge is 0.296 e. The first-order valence-corrected chi connectivity index (χ1v) is 8.24. The molecule has 0 spiro atoms. The van der Waals surface area contributed by atoms with Crippen LogP contribution in [-0.4, -0.2) is 19.9 Å². The van der Waals surface area contributed by atoms with E-state index in [4.69, 9.17) is 0 Å². The summed E-state index contributed by atoms with van der Waals surface area (Å²) >= 11 is 0. The van der Waals surface area contributed by atoms with Crippen molar-refractivity contribution in [2.24, 2.45) is 0 Å². The van der Waals surface area contributed by atoms with Crippen LogP contribution in [0.4, 0.5) is 20.4 Å². The fourth-order valence-corrected chi connectivity index (χ4v) is 2.61. The van der Waals surface area contributed by atoms with E-state index in [0.29, 0.717) is 16.8 Å². The monoisotopic (exact) mass is 372 g/mol. The van der Waals surface area contributed by atoms with Gasteiger partial charge in [-0.1, -0.05) is 12.1 Å². The first kappa shape index (κ1) is 18.7. The van der Waals surface area contributed by atoms with Gasteiger partial charge in [-0.25, -0.2) is 13.5 Å². The third-order valence-corrected chi connectivity index (χ3v) is 4.02. The Morgan fingerprint density at radius 1 is 1.07 bits per heavy atom. The second-order valence-corrected chi connectivity index (χ2v) is 6.19. The molecule has 2 N–H and O–H groups in total. The van der Waals surface area contributed by atoms with Crippen LogP contribution >= 0.6 is 0 Å². The van der Waals surface area contributed by atoms with E-state index < -0.39 is 17.2 Å². The summed E-state index contributed by atoms with van der Waals surface area (Å²) in [6.07, 6.45) is 0. The van der Waals surface area contributed by atoms with E-state index in [2.05, 4.69) is 15.4 Å². The Labute approximate surface area is 154 Å². The van der Waals surface area contributed by atoms with Gasteiger partial charge in [0.2, 0.25) is 5.95 Å². The number of benzene rings is 2. The first-order valence-electron chi connectivity index (χ1n) is 8.24. The number of aliphatic hydroxyl groups excluding tert-OH is 1. The molecule has 0 unspecified atom stereocenters. The SMILES string of the molecule is Cc1ccc(CO)cc1Nc1nc(=O)c(C)nn1Cc1cc(F)cc(F)c1. The number of aliphatic hydroxyl groups is 1. The van der Waals surface area contributed by atoms with Gasteiger partial charge < -0.3 is 10.4 Å². The van der Waals surface area contributed by atoms with E-state index in [-0.39, 0.29) is 24.8 Å². The van der Waals surface area contributed by atoms with Crippen LogP contribution in [0.3, 0.4) is 0 Å². The van der Waals surface area contributed by atoms with Crippen LogP contribution in [-0.2, 0) is 13.2 Å². The summed E-state index contributed by atoms with van der Waals surface area (Å²) < 4.78 is 28.3. The Kier molecular flexibility index (Phi) is 5.27. The van der Waals surface area contributed by atoms with E-state index in [0.717, 1.165) is 11.6 Å². The lowest BCUT2D eigenvalue weighted by molar-refractivity contribution is 0.282. The molecule has 0 bridgehead atoms. The van der Waals surface area contributed by atoms with E-state index >= 15 is 0 Å². The number of nitrogens with one attached hydrogen (secondary N) is 1. The number of anilines is 2. The number of aromatic nitrogens is 3. The molecule has 0 saturated heterocycles. The number of aryl methyl sites for hydroxylation is 2. The van der Waals surface area contributed by atoms with E-state index in [1.807, 2.05) is 13.0 Å². The zero-order chi connectivity index (χ0) is 19.6. The molecule has 8 heteroatoms. The normalized spacial score (nSPS) is 10.9. The molecule has 140 valence electrons. The second-order valence-electron chi connectivity index (χ2n) is 6.19. The molecule has 3 aromatic rings. The van der Waals surface area contributed by atoms with Crippen molar-refractivity contribution in [1.82, 2.24) is 14.8 Å². The third kappa shape index (κ3) is 4.35. The van der Waals surface area contributed by atoms with Gasteiger partial charge in [-0.15, -0.1) is 0 Å². The molecule has 0 aliphatic carbocycles. The average molecular weight is 372 g/mol. The van der Waals surface area contributed by atoms with Crippen molar-refractivity contribution >= 4 is 11.6 Å². The quantitative estimate of drug-likeness (QED) is 0.720. The molecule has 0 saturated carbocycles. The van der Waals surface area contributed by atoms with Crippen LogP contribution in [0.25, 0.3) is 0 Å².